The Labute approximate surface area is 229 Å². The molecule has 0 bridgehead atoms. The minimum atomic E-state index is 0.639. The molecule has 9 heteroatoms. The number of rotatable bonds is 7. The highest BCUT2D eigenvalue weighted by molar-refractivity contribution is 7.20. The number of thiophene rings is 1. The Morgan fingerprint density at radius 2 is 1.63 bits per heavy atom. The Balaban J connectivity index is 1.25. The highest BCUT2D eigenvalue weighted by Crippen LogP contribution is 2.41. The van der Waals surface area contributed by atoms with E-state index in [1.165, 1.54) is 34.2 Å². The Bertz CT molecular complexity index is 1620. The molecule has 1 saturated heterocycles. The second kappa shape index (κ2) is 10.8. The lowest BCUT2D eigenvalue weighted by molar-refractivity contribution is 0.949. The van der Waals surface area contributed by atoms with Gasteiger partial charge in [0.2, 0.25) is 5.13 Å². The van der Waals surface area contributed by atoms with Gasteiger partial charge in [-0.3, -0.25) is 0 Å². The van der Waals surface area contributed by atoms with Crippen molar-refractivity contribution < 1.29 is 0 Å². The van der Waals surface area contributed by atoms with Crippen molar-refractivity contribution >= 4 is 71.3 Å². The first-order valence-corrected chi connectivity index (χ1v) is 14.3. The molecule has 2 aromatic heterocycles. The molecule has 1 aliphatic rings. The van der Waals surface area contributed by atoms with Gasteiger partial charge in [0.25, 0.3) is 0 Å². The van der Waals surface area contributed by atoms with E-state index in [0.29, 0.717) is 5.13 Å². The van der Waals surface area contributed by atoms with E-state index in [1.54, 1.807) is 6.20 Å². The van der Waals surface area contributed by atoms with E-state index in [1.807, 2.05) is 47.9 Å². The fourth-order valence-electron chi connectivity index (χ4n) is 4.66. The van der Waals surface area contributed by atoms with Crippen LogP contribution >= 0.6 is 22.7 Å². The van der Waals surface area contributed by atoms with Crippen molar-refractivity contribution in [2.75, 3.05) is 29.9 Å². The van der Waals surface area contributed by atoms with Crippen molar-refractivity contribution in [3.63, 3.8) is 0 Å². The normalized spacial score (nSPS) is 13.9. The molecule has 0 aliphatic carbocycles. The third-order valence-electron chi connectivity index (χ3n) is 6.68. The standard InChI is InChI=1S/C29H27N7S2/c1-20-19-21(9-10-24(20)32-34-29-30-15-18-37-29)31-33-25-11-12-26(23-8-4-3-7-22(23)25)35(2)27-13-14-28(38-27)36-16-5-6-17-36/h3-4,7-15,18-19H,5-6,16-17H2,1-2H3. The zero-order valence-corrected chi connectivity index (χ0v) is 22.9. The van der Waals surface area contributed by atoms with Crippen LogP contribution in [0.1, 0.15) is 18.4 Å². The van der Waals surface area contributed by atoms with Crippen LogP contribution in [0.2, 0.25) is 0 Å². The lowest BCUT2D eigenvalue weighted by Crippen LogP contribution is -2.15. The van der Waals surface area contributed by atoms with Gasteiger partial charge in [0.15, 0.2) is 0 Å². The third kappa shape index (κ3) is 5.07. The molecule has 0 radical (unpaired) electrons. The Kier molecular flexibility index (Phi) is 6.94. The average Bonchev–Trinajstić information content (AvgIpc) is 3.74. The second-order valence-corrected chi connectivity index (χ2v) is 11.1. The fourth-order valence-corrected chi connectivity index (χ4v) is 6.15. The van der Waals surface area contributed by atoms with E-state index in [0.717, 1.165) is 52.2 Å². The molecular weight excluding hydrogens is 511 g/mol. The molecule has 1 aliphatic heterocycles. The number of hydrogen-bond donors (Lipinski definition) is 0. The second-order valence-electron chi connectivity index (χ2n) is 9.20. The minimum Gasteiger partial charge on any atom is -0.363 e. The highest BCUT2D eigenvalue weighted by atomic mass is 32.1. The lowest BCUT2D eigenvalue weighted by Gasteiger charge is -2.20. The number of anilines is 3. The van der Waals surface area contributed by atoms with Gasteiger partial charge in [-0.2, -0.15) is 5.11 Å². The van der Waals surface area contributed by atoms with Crippen LogP contribution in [0, 0.1) is 6.92 Å². The van der Waals surface area contributed by atoms with Gasteiger partial charge >= 0.3 is 0 Å². The molecule has 5 aromatic rings. The van der Waals surface area contributed by atoms with Crippen LogP contribution in [0.5, 0.6) is 0 Å². The maximum absolute atomic E-state index is 4.63. The fraction of sp³-hybridized carbons (Fsp3) is 0.207. The number of fused-ring (bicyclic) bond motifs is 1. The molecular formula is C29H27N7S2. The highest BCUT2D eigenvalue weighted by Gasteiger charge is 2.17. The maximum atomic E-state index is 4.63. The summed E-state index contributed by atoms with van der Waals surface area (Å²) >= 11 is 3.31. The first-order chi connectivity index (χ1) is 18.7. The monoisotopic (exact) mass is 537 g/mol. The van der Waals surface area contributed by atoms with E-state index >= 15 is 0 Å². The summed E-state index contributed by atoms with van der Waals surface area (Å²) in [6.07, 6.45) is 4.29. The van der Waals surface area contributed by atoms with E-state index in [2.05, 4.69) is 84.8 Å². The number of azo groups is 2. The predicted octanol–water partition coefficient (Wildman–Crippen LogP) is 9.87. The van der Waals surface area contributed by atoms with Crippen molar-refractivity contribution in [3.05, 3.63) is 83.9 Å². The van der Waals surface area contributed by atoms with Crippen molar-refractivity contribution in [2.24, 2.45) is 20.5 Å². The minimum absolute atomic E-state index is 0.639. The lowest BCUT2D eigenvalue weighted by atomic mass is 10.1. The van der Waals surface area contributed by atoms with Crippen LogP contribution in [-0.2, 0) is 0 Å². The van der Waals surface area contributed by atoms with Crippen LogP contribution in [0.3, 0.4) is 0 Å². The predicted molar refractivity (Wildman–Crippen MR) is 159 cm³/mol. The first kappa shape index (κ1) is 24.4. The molecule has 1 fully saturated rings. The van der Waals surface area contributed by atoms with E-state index in [-0.39, 0.29) is 0 Å². The number of thiazole rings is 1. The molecule has 0 saturated carbocycles. The van der Waals surface area contributed by atoms with Crippen LogP contribution in [0.25, 0.3) is 10.8 Å². The molecule has 0 spiro atoms. The summed E-state index contributed by atoms with van der Waals surface area (Å²) in [6, 6.07) is 22.8. The quantitative estimate of drug-likeness (QED) is 0.194. The molecule has 0 unspecified atom stereocenters. The van der Waals surface area contributed by atoms with Gasteiger partial charge in [0.05, 0.1) is 27.1 Å². The summed E-state index contributed by atoms with van der Waals surface area (Å²) in [6.45, 7) is 4.31. The molecule has 0 amide bonds. The molecule has 0 atom stereocenters. The summed E-state index contributed by atoms with van der Waals surface area (Å²) in [5.74, 6) is 0. The molecule has 6 rings (SSSR count). The summed E-state index contributed by atoms with van der Waals surface area (Å²) in [5, 5.41) is 25.0. The van der Waals surface area contributed by atoms with Crippen molar-refractivity contribution in [1.29, 1.82) is 0 Å². The van der Waals surface area contributed by atoms with Crippen LogP contribution in [-0.4, -0.2) is 25.1 Å². The number of aryl methyl sites for hydroxylation is 1. The van der Waals surface area contributed by atoms with Crippen LogP contribution in [0.15, 0.2) is 98.8 Å². The largest absolute Gasteiger partial charge is 0.363 e. The van der Waals surface area contributed by atoms with Gasteiger partial charge in [0.1, 0.15) is 0 Å². The van der Waals surface area contributed by atoms with E-state index in [4.69, 9.17) is 0 Å². The smallest absolute Gasteiger partial charge is 0.229 e. The molecule has 38 heavy (non-hydrogen) atoms. The van der Waals surface area contributed by atoms with Crippen molar-refractivity contribution in [1.82, 2.24) is 4.98 Å². The Morgan fingerprint density at radius 1 is 0.842 bits per heavy atom. The zero-order valence-electron chi connectivity index (χ0n) is 21.3. The van der Waals surface area contributed by atoms with Crippen LogP contribution < -0.4 is 9.80 Å². The van der Waals surface area contributed by atoms with Gasteiger partial charge < -0.3 is 9.80 Å². The first-order valence-electron chi connectivity index (χ1n) is 12.6. The van der Waals surface area contributed by atoms with Gasteiger partial charge in [-0.05, 0) is 67.8 Å². The van der Waals surface area contributed by atoms with E-state index < -0.39 is 0 Å². The molecule has 3 aromatic carbocycles. The van der Waals surface area contributed by atoms with Gasteiger partial charge in [-0.1, -0.05) is 24.3 Å². The van der Waals surface area contributed by atoms with Crippen molar-refractivity contribution in [3.8, 4) is 0 Å². The number of hydrogen-bond acceptors (Lipinski definition) is 9. The summed E-state index contributed by atoms with van der Waals surface area (Å²) in [5.41, 5.74) is 4.53. The molecule has 3 heterocycles. The number of aromatic nitrogens is 1. The zero-order chi connectivity index (χ0) is 25.9. The van der Waals surface area contributed by atoms with Crippen LogP contribution in [0.4, 0.5) is 37.9 Å². The Hall–Kier alpha value is -3.95. The van der Waals surface area contributed by atoms with Gasteiger partial charge in [0, 0.05) is 48.2 Å². The van der Waals surface area contributed by atoms with Gasteiger partial charge in [-0.15, -0.1) is 38.0 Å². The third-order valence-corrected chi connectivity index (χ3v) is 8.56. The SMILES string of the molecule is Cc1cc(N=Nc2ccc(N(C)c3ccc(N4CCCC4)s3)c3ccccc23)ccc1N=Nc1nccs1. The number of benzene rings is 3. The summed E-state index contributed by atoms with van der Waals surface area (Å²) < 4.78 is 0. The molecule has 190 valence electrons. The maximum Gasteiger partial charge on any atom is 0.229 e. The summed E-state index contributed by atoms with van der Waals surface area (Å²) in [4.78, 5) is 8.90. The molecule has 0 N–H and O–H groups in total. The average molecular weight is 538 g/mol. The summed E-state index contributed by atoms with van der Waals surface area (Å²) in [7, 11) is 2.14. The van der Waals surface area contributed by atoms with Gasteiger partial charge in [-0.25, -0.2) is 4.98 Å². The molecule has 7 nitrogen and oxygen atoms in total. The van der Waals surface area contributed by atoms with E-state index in [9.17, 15) is 0 Å². The number of nitrogens with zero attached hydrogens (tertiary/aromatic N) is 7. The topological polar surface area (TPSA) is 68.8 Å². The van der Waals surface area contributed by atoms with Crippen molar-refractivity contribution in [2.45, 2.75) is 19.8 Å². The Morgan fingerprint density at radius 3 is 2.42 bits per heavy atom.